The van der Waals surface area contributed by atoms with Gasteiger partial charge in [0.15, 0.2) is 5.69 Å². The van der Waals surface area contributed by atoms with Crippen molar-refractivity contribution < 1.29 is 14.3 Å². The van der Waals surface area contributed by atoms with E-state index in [2.05, 4.69) is 15.5 Å². The number of methoxy groups -OCH3 is 1. The van der Waals surface area contributed by atoms with Gasteiger partial charge in [-0.2, -0.15) is 5.10 Å². The molecule has 21 heavy (non-hydrogen) atoms. The molecule has 1 heterocycles. The fourth-order valence-electron chi connectivity index (χ4n) is 2.19. The second kappa shape index (κ2) is 6.39. The Kier molecular flexibility index (Phi) is 4.57. The van der Waals surface area contributed by atoms with E-state index in [-0.39, 0.29) is 17.5 Å². The molecule has 1 aromatic carbocycles. The smallest absolute Gasteiger partial charge is 0.328 e. The highest BCUT2D eigenvalue weighted by atomic mass is 16.5. The standard InChI is InChI=1S/C15H19N3O3/c1-9(2)8-12(15(20)21-3)16-14(19)13-10-6-4-5-7-11(10)17-18-13/h4-7,9,12H,8H2,1-3H3,(H,16,19)(H,17,18). The average Bonchev–Trinajstić information content (AvgIpc) is 2.89. The minimum atomic E-state index is -0.669. The van der Waals surface area contributed by atoms with Crippen LogP contribution in [0.3, 0.4) is 0 Å². The molecule has 0 aliphatic rings. The number of aromatic nitrogens is 2. The van der Waals surface area contributed by atoms with Gasteiger partial charge in [-0.1, -0.05) is 32.0 Å². The summed E-state index contributed by atoms with van der Waals surface area (Å²) in [6.07, 6.45) is 0.515. The van der Waals surface area contributed by atoms with Crippen molar-refractivity contribution in [2.24, 2.45) is 5.92 Å². The lowest BCUT2D eigenvalue weighted by molar-refractivity contribution is -0.143. The molecule has 6 nitrogen and oxygen atoms in total. The maximum Gasteiger partial charge on any atom is 0.328 e. The molecule has 0 saturated carbocycles. The van der Waals surface area contributed by atoms with Crippen molar-refractivity contribution in [3.8, 4) is 0 Å². The number of nitrogens with zero attached hydrogens (tertiary/aromatic N) is 1. The SMILES string of the molecule is COC(=O)C(CC(C)C)NC(=O)c1n[nH]c2ccccc12. The van der Waals surface area contributed by atoms with Crippen molar-refractivity contribution >= 4 is 22.8 Å². The summed E-state index contributed by atoms with van der Waals surface area (Å²) in [6, 6.07) is 6.67. The molecule has 0 fully saturated rings. The molecule has 0 radical (unpaired) electrons. The fraction of sp³-hybridized carbons (Fsp3) is 0.400. The van der Waals surface area contributed by atoms with Crippen molar-refractivity contribution in [2.75, 3.05) is 7.11 Å². The van der Waals surface area contributed by atoms with Crippen LogP contribution in [0.1, 0.15) is 30.8 Å². The Balaban J connectivity index is 2.20. The molecule has 0 bridgehead atoms. The average molecular weight is 289 g/mol. The summed E-state index contributed by atoms with van der Waals surface area (Å²) in [5.74, 6) is -0.578. The molecular formula is C15H19N3O3. The third kappa shape index (κ3) is 3.39. The van der Waals surface area contributed by atoms with Crippen LogP contribution in [0.15, 0.2) is 24.3 Å². The molecular weight excluding hydrogens is 270 g/mol. The van der Waals surface area contributed by atoms with Gasteiger partial charge in [0.1, 0.15) is 6.04 Å². The van der Waals surface area contributed by atoms with Gasteiger partial charge in [-0.15, -0.1) is 0 Å². The van der Waals surface area contributed by atoms with E-state index in [0.717, 1.165) is 10.9 Å². The van der Waals surface area contributed by atoms with Crippen LogP contribution in [-0.2, 0) is 9.53 Å². The second-order valence-electron chi connectivity index (χ2n) is 5.30. The molecule has 2 N–H and O–H groups in total. The van der Waals surface area contributed by atoms with E-state index in [1.165, 1.54) is 7.11 Å². The van der Waals surface area contributed by atoms with Gasteiger partial charge in [-0.25, -0.2) is 4.79 Å². The van der Waals surface area contributed by atoms with Gasteiger partial charge in [0.2, 0.25) is 0 Å². The van der Waals surface area contributed by atoms with Crippen LogP contribution in [0.5, 0.6) is 0 Å². The van der Waals surface area contributed by atoms with Gasteiger partial charge >= 0.3 is 5.97 Å². The molecule has 1 amide bonds. The van der Waals surface area contributed by atoms with Gasteiger partial charge in [-0.05, 0) is 18.4 Å². The Morgan fingerprint density at radius 2 is 2.05 bits per heavy atom. The Morgan fingerprint density at radius 3 is 2.71 bits per heavy atom. The Labute approximate surface area is 122 Å². The van der Waals surface area contributed by atoms with E-state index in [1.807, 2.05) is 38.1 Å². The number of ether oxygens (including phenoxy) is 1. The molecule has 6 heteroatoms. The maximum atomic E-state index is 12.3. The number of aromatic amines is 1. The van der Waals surface area contributed by atoms with Gasteiger partial charge in [0.25, 0.3) is 5.91 Å². The monoisotopic (exact) mass is 289 g/mol. The predicted octanol–water partition coefficient (Wildman–Crippen LogP) is 1.88. The molecule has 1 atom stereocenters. The topological polar surface area (TPSA) is 84.1 Å². The normalized spacial score (nSPS) is 12.4. The van der Waals surface area contributed by atoms with E-state index >= 15 is 0 Å². The summed E-state index contributed by atoms with van der Waals surface area (Å²) >= 11 is 0. The number of fused-ring (bicyclic) bond motifs is 1. The highest BCUT2D eigenvalue weighted by molar-refractivity contribution is 6.05. The van der Waals surface area contributed by atoms with E-state index in [1.54, 1.807) is 0 Å². The quantitative estimate of drug-likeness (QED) is 0.823. The lowest BCUT2D eigenvalue weighted by Gasteiger charge is -2.17. The van der Waals surface area contributed by atoms with Crippen molar-refractivity contribution in [3.63, 3.8) is 0 Å². The van der Waals surface area contributed by atoms with Crippen LogP contribution in [0.25, 0.3) is 10.9 Å². The van der Waals surface area contributed by atoms with Gasteiger partial charge in [0, 0.05) is 5.39 Å². The Morgan fingerprint density at radius 1 is 1.33 bits per heavy atom. The number of carbonyl (C=O) groups excluding carboxylic acids is 2. The summed E-state index contributed by atoms with van der Waals surface area (Å²) in [7, 11) is 1.31. The maximum absolute atomic E-state index is 12.3. The largest absolute Gasteiger partial charge is 0.467 e. The number of amides is 1. The molecule has 112 valence electrons. The highest BCUT2D eigenvalue weighted by Crippen LogP contribution is 2.15. The molecule has 0 aliphatic heterocycles. The number of carbonyl (C=O) groups is 2. The van der Waals surface area contributed by atoms with Crippen molar-refractivity contribution in [1.82, 2.24) is 15.5 Å². The molecule has 2 rings (SSSR count). The lowest BCUT2D eigenvalue weighted by Crippen LogP contribution is -2.42. The van der Waals surface area contributed by atoms with Gasteiger partial charge in [-0.3, -0.25) is 9.89 Å². The van der Waals surface area contributed by atoms with Crippen LogP contribution in [0.2, 0.25) is 0 Å². The van der Waals surface area contributed by atoms with Crippen molar-refractivity contribution in [1.29, 1.82) is 0 Å². The first-order valence-electron chi connectivity index (χ1n) is 6.84. The van der Waals surface area contributed by atoms with Crippen LogP contribution >= 0.6 is 0 Å². The number of rotatable bonds is 5. The third-order valence-electron chi connectivity index (χ3n) is 3.18. The minimum Gasteiger partial charge on any atom is -0.467 e. The van der Waals surface area contributed by atoms with E-state index in [0.29, 0.717) is 6.42 Å². The number of hydrogen-bond acceptors (Lipinski definition) is 4. The number of esters is 1. The van der Waals surface area contributed by atoms with E-state index in [9.17, 15) is 9.59 Å². The second-order valence-corrected chi connectivity index (χ2v) is 5.30. The highest BCUT2D eigenvalue weighted by Gasteiger charge is 2.24. The molecule has 1 unspecified atom stereocenters. The van der Waals surface area contributed by atoms with Crippen molar-refractivity contribution in [2.45, 2.75) is 26.3 Å². The summed E-state index contributed by atoms with van der Waals surface area (Å²) in [5, 5.41) is 10.2. The number of H-pyrrole nitrogens is 1. The molecule has 0 saturated heterocycles. The van der Waals surface area contributed by atoms with Crippen LogP contribution in [-0.4, -0.2) is 35.2 Å². The first-order chi connectivity index (χ1) is 10.0. The first-order valence-corrected chi connectivity index (χ1v) is 6.84. The van der Waals surface area contributed by atoms with E-state index < -0.39 is 12.0 Å². The molecule has 0 aliphatic carbocycles. The van der Waals surface area contributed by atoms with Crippen molar-refractivity contribution in [3.05, 3.63) is 30.0 Å². The lowest BCUT2D eigenvalue weighted by atomic mass is 10.0. The first kappa shape index (κ1) is 15.0. The summed E-state index contributed by atoms with van der Waals surface area (Å²) < 4.78 is 4.74. The van der Waals surface area contributed by atoms with Crippen LogP contribution < -0.4 is 5.32 Å². The zero-order valence-electron chi connectivity index (χ0n) is 12.3. The van der Waals surface area contributed by atoms with E-state index in [4.69, 9.17) is 4.74 Å². The summed E-state index contributed by atoms with van der Waals surface area (Å²) in [5.41, 5.74) is 1.06. The fourth-order valence-corrected chi connectivity index (χ4v) is 2.19. The van der Waals surface area contributed by atoms with Gasteiger partial charge < -0.3 is 10.1 Å². The summed E-state index contributed by atoms with van der Waals surface area (Å²) in [6.45, 7) is 3.96. The molecule has 2 aromatic rings. The Hall–Kier alpha value is -2.37. The van der Waals surface area contributed by atoms with Crippen LogP contribution in [0.4, 0.5) is 0 Å². The predicted molar refractivity (Wildman–Crippen MR) is 78.8 cm³/mol. The summed E-state index contributed by atoms with van der Waals surface area (Å²) in [4.78, 5) is 24.1. The Bertz CT molecular complexity index is 648. The van der Waals surface area contributed by atoms with Gasteiger partial charge in [0.05, 0.1) is 12.6 Å². The zero-order valence-corrected chi connectivity index (χ0v) is 12.3. The number of nitrogens with one attached hydrogen (secondary N) is 2. The number of para-hydroxylation sites is 1. The number of hydrogen-bond donors (Lipinski definition) is 2. The molecule has 1 aromatic heterocycles. The minimum absolute atomic E-state index is 0.255. The molecule has 0 spiro atoms. The third-order valence-corrected chi connectivity index (χ3v) is 3.18. The zero-order chi connectivity index (χ0) is 15.4. The van der Waals surface area contributed by atoms with Crippen LogP contribution in [0, 0.1) is 5.92 Å². The number of benzene rings is 1.